The van der Waals surface area contributed by atoms with Gasteiger partial charge in [0, 0.05) is 17.5 Å². The Kier molecular flexibility index (Phi) is 9.41. The molecule has 16 heteroatoms. The molecule has 7 N–H and O–H groups in total. The van der Waals surface area contributed by atoms with Crippen LogP contribution in [0, 0.1) is 5.92 Å². The number of ether oxygens (including phenoxy) is 1. The molecule has 14 nitrogen and oxygen atoms in total. The Bertz CT molecular complexity index is 1410. The van der Waals surface area contributed by atoms with Crippen LogP contribution in [0.3, 0.4) is 0 Å². The van der Waals surface area contributed by atoms with Gasteiger partial charge in [0.15, 0.2) is 29.3 Å². The van der Waals surface area contributed by atoms with Crippen LogP contribution in [0.4, 0.5) is 5.13 Å². The van der Waals surface area contributed by atoms with Gasteiger partial charge in [0.05, 0.1) is 5.54 Å². The molecule has 232 valence electrons. The predicted octanol–water partition coefficient (Wildman–Crippen LogP) is 1.70. The van der Waals surface area contributed by atoms with Crippen molar-refractivity contribution in [3.05, 3.63) is 40.4 Å². The number of aliphatic imine (C=N–C) groups is 1. The third-order valence-electron chi connectivity index (χ3n) is 7.89. The van der Waals surface area contributed by atoms with Crippen molar-refractivity contribution >= 4 is 52.2 Å². The summed E-state index contributed by atoms with van der Waals surface area (Å²) in [6, 6.07) is 4.89. The summed E-state index contributed by atoms with van der Waals surface area (Å²) >= 11 is 1.19. The van der Waals surface area contributed by atoms with E-state index in [2.05, 4.69) is 25.8 Å². The van der Waals surface area contributed by atoms with Crippen LogP contribution in [0.15, 0.2) is 33.7 Å². The number of carbonyl (C=O) groups is 2. The first kappa shape index (κ1) is 31.0. The molecule has 4 heterocycles. The number of nitrogen functional groups attached to an aromatic ring is 1. The van der Waals surface area contributed by atoms with E-state index in [1.165, 1.54) is 0 Å². The second-order valence-corrected chi connectivity index (χ2v) is 12.4. The van der Waals surface area contributed by atoms with Crippen LogP contribution in [0.2, 0.25) is 0 Å². The number of oxime groups is 1. The van der Waals surface area contributed by atoms with E-state index in [0.717, 1.165) is 59.2 Å². The molecule has 5 rings (SSSR count). The number of amidine groups is 1. The summed E-state index contributed by atoms with van der Waals surface area (Å²) in [6.45, 7) is 7.98. The normalized spacial score (nSPS) is 22.6. The molecule has 0 radical (unpaired) electrons. The lowest BCUT2D eigenvalue weighted by atomic mass is 9.84. The summed E-state index contributed by atoms with van der Waals surface area (Å²) in [5, 5.41) is 12.9. The van der Waals surface area contributed by atoms with Crippen LogP contribution in [0.1, 0.15) is 50.4 Å². The van der Waals surface area contributed by atoms with Gasteiger partial charge in [-0.15, -0.1) is 11.3 Å². The smallest absolute Gasteiger partial charge is 0.276 e. The van der Waals surface area contributed by atoms with Gasteiger partial charge >= 0.3 is 0 Å². The fourth-order valence-corrected chi connectivity index (χ4v) is 5.95. The summed E-state index contributed by atoms with van der Waals surface area (Å²) in [7, 11) is 0. The molecular formula is C27H36N8O6S2. The van der Waals surface area contributed by atoms with Gasteiger partial charge in [0.2, 0.25) is 0 Å². The number of hydroxylamine groups is 2. The maximum Gasteiger partial charge on any atom is 0.276 e. The molecule has 1 aromatic heterocycles. The molecule has 3 atom stereocenters. The molecule has 0 bridgehead atoms. The third kappa shape index (κ3) is 6.72. The minimum absolute atomic E-state index is 0.0485. The van der Waals surface area contributed by atoms with Crippen molar-refractivity contribution in [2.24, 2.45) is 21.8 Å². The van der Waals surface area contributed by atoms with Gasteiger partial charge in [0.25, 0.3) is 11.8 Å². The number of aromatic nitrogens is 1. The van der Waals surface area contributed by atoms with Crippen molar-refractivity contribution in [1.82, 2.24) is 20.7 Å². The number of aryl methyl sites for hydroxylation is 1. The zero-order chi connectivity index (χ0) is 30.7. The molecule has 1 aromatic carbocycles. The Morgan fingerprint density at radius 3 is 2.86 bits per heavy atom. The Morgan fingerprint density at radius 1 is 1.42 bits per heavy atom. The highest BCUT2D eigenvalue weighted by Gasteiger charge is 2.57. The second kappa shape index (κ2) is 13.1. The van der Waals surface area contributed by atoms with Gasteiger partial charge in [-0.25, -0.2) is 4.98 Å². The van der Waals surface area contributed by atoms with E-state index < -0.39 is 29.5 Å². The summed E-state index contributed by atoms with van der Waals surface area (Å²) in [5.41, 5.74) is 13.1. The quantitative estimate of drug-likeness (QED) is 0.0750. The molecule has 2 saturated heterocycles. The molecule has 3 aliphatic heterocycles. The number of benzene rings is 1. The molecular weight excluding hydrogens is 596 g/mol. The number of hydrogen-bond acceptors (Lipinski definition) is 13. The number of anilines is 1. The number of nitrogens with two attached hydrogens (primary N) is 2. The first-order chi connectivity index (χ1) is 20.6. The van der Waals surface area contributed by atoms with E-state index in [4.69, 9.17) is 29.9 Å². The van der Waals surface area contributed by atoms with Crippen LogP contribution >= 0.6 is 23.7 Å². The Hall–Kier alpha value is -3.44. The maximum absolute atomic E-state index is 13.3. The fourth-order valence-electron chi connectivity index (χ4n) is 5.07. The molecule has 2 aromatic rings. The van der Waals surface area contributed by atoms with E-state index in [9.17, 15) is 9.59 Å². The summed E-state index contributed by atoms with van der Waals surface area (Å²) in [4.78, 5) is 40.3. The van der Waals surface area contributed by atoms with E-state index in [-0.39, 0.29) is 35.0 Å². The second-order valence-electron chi connectivity index (χ2n) is 11.3. The molecule has 3 unspecified atom stereocenters. The average molecular weight is 633 g/mol. The van der Waals surface area contributed by atoms with Gasteiger partial charge < -0.3 is 36.2 Å². The number of nitrogens with zero attached hydrogens (tertiary/aromatic N) is 4. The van der Waals surface area contributed by atoms with Crippen molar-refractivity contribution in [1.29, 1.82) is 0 Å². The maximum atomic E-state index is 13.3. The van der Waals surface area contributed by atoms with Crippen LogP contribution in [-0.2, 0) is 25.1 Å². The van der Waals surface area contributed by atoms with E-state index in [1.54, 1.807) is 26.2 Å². The van der Waals surface area contributed by atoms with Crippen LogP contribution in [-0.4, -0.2) is 81.4 Å². The minimum atomic E-state index is -0.923. The number of carbonyl (C=O) groups excluding carboxylic acids is 2. The van der Waals surface area contributed by atoms with Crippen molar-refractivity contribution in [3.63, 3.8) is 0 Å². The lowest BCUT2D eigenvalue weighted by Gasteiger charge is -2.50. The zero-order valence-electron chi connectivity index (χ0n) is 24.1. The predicted molar refractivity (Wildman–Crippen MR) is 164 cm³/mol. The first-order valence-corrected chi connectivity index (χ1v) is 15.5. The zero-order valence-corrected chi connectivity index (χ0v) is 25.7. The molecule has 0 saturated carbocycles. The van der Waals surface area contributed by atoms with Crippen LogP contribution in [0.5, 0.6) is 5.75 Å². The van der Waals surface area contributed by atoms with Gasteiger partial charge in [-0.3, -0.25) is 14.6 Å². The summed E-state index contributed by atoms with van der Waals surface area (Å²) in [6.07, 6.45) is 1.57. The molecule has 2 fully saturated rings. The number of thiazole rings is 1. The Morgan fingerprint density at radius 2 is 2.21 bits per heavy atom. The fraction of sp³-hybridized carbons (Fsp3) is 0.519. The average Bonchev–Trinajstić information content (AvgIpc) is 3.40. The van der Waals surface area contributed by atoms with Crippen molar-refractivity contribution in [3.8, 4) is 5.75 Å². The Labute approximate surface area is 257 Å². The van der Waals surface area contributed by atoms with Gasteiger partial charge in [-0.05, 0) is 82.8 Å². The number of β-lactam (4-membered cyclic amide) rings is 1. The largest absolute Gasteiger partial charge is 0.486 e. The first-order valence-electron chi connectivity index (χ1n) is 14.0. The van der Waals surface area contributed by atoms with Crippen LogP contribution in [0.25, 0.3) is 0 Å². The van der Waals surface area contributed by atoms with E-state index >= 15 is 0 Å². The van der Waals surface area contributed by atoms with Gasteiger partial charge in [-0.2, -0.15) is 9.35 Å². The monoisotopic (exact) mass is 632 g/mol. The molecule has 3 aliphatic rings. The summed E-state index contributed by atoms with van der Waals surface area (Å²) in [5.74, 6) is 0.739. The molecule has 0 spiro atoms. The standard InChI is InChI=1S/C27H36N8O6S2/c1-14(19-6-4-16-10-17(5-7-20(16)39-19)23(28)31-9-8-15-11-30-12-15)40-34-21(18-13-42-26(29)32-18)24(36)33-22-25(37)35(41-43-38)27(22,2)3/h5,7,10,13-15,19,22,30,38H,4,6,8-9,11-12H2,1-3H3,(H2,28,31)(H2,29,32)(H,33,36)/b34-21-. The highest BCUT2D eigenvalue weighted by atomic mass is 32.2. The molecule has 43 heavy (non-hydrogen) atoms. The van der Waals surface area contributed by atoms with Crippen molar-refractivity contribution in [2.75, 3.05) is 25.4 Å². The van der Waals surface area contributed by atoms with Crippen molar-refractivity contribution in [2.45, 2.75) is 63.8 Å². The topological polar surface area (TPSA) is 199 Å². The van der Waals surface area contributed by atoms with Gasteiger partial charge in [0.1, 0.15) is 29.4 Å². The number of nitrogens with one attached hydrogen (secondary N) is 2. The van der Waals surface area contributed by atoms with Crippen LogP contribution < -0.4 is 26.8 Å². The Balaban J connectivity index is 1.23. The number of fused-ring (bicyclic) bond motifs is 1. The van der Waals surface area contributed by atoms with E-state index in [1.807, 2.05) is 18.2 Å². The van der Waals surface area contributed by atoms with E-state index in [0.29, 0.717) is 24.7 Å². The number of amides is 2. The lowest BCUT2D eigenvalue weighted by molar-refractivity contribution is -0.214. The minimum Gasteiger partial charge on any atom is -0.486 e. The SMILES string of the molecule is CC(O/N=C(\C(=O)NC1C(=O)N(OSO)C1(C)C)c1csc(N)n1)C1CCc2cc(C(N)=NCCC3CNC3)ccc2O1. The van der Waals surface area contributed by atoms with Crippen molar-refractivity contribution < 1.29 is 28.0 Å². The highest BCUT2D eigenvalue weighted by molar-refractivity contribution is 7.88. The van der Waals surface area contributed by atoms with Gasteiger partial charge in [-0.1, -0.05) is 5.16 Å². The molecule has 2 amide bonds. The molecule has 0 aliphatic carbocycles. The number of rotatable bonds is 12. The summed E-state index contributed by atoms with van der Waals surface area (Å²) < 4.78 is 20.1. The highest BCUT2D eigenvalue weighted by Crippen LogP contribution is 2.34. The lowest BCUT2D eigenvalue weighted by Crippen LogP contribution is -2.76. The number of hydrogen-bond donors (Lipinski definition) is 5. The third-order valence-corrected chi connectivity index (χ3v) is 8.78.